The predicted octanol–water partition coefficient (Wildman–Crippen LogP) is 8.68. The zero-order valence-electron chi connectivity index (χ0n) is 27.0. The molecule has 0 spiro atoms. The zero-order chi connectivity index (χ0) is 30.8. The first-order chi connectivity index (χ1) is 20.4. The van der Waals surface area contributed by atoms with Crippen molar-refractivity contribution in [2.24, 2.45) is 5.92 Å². The summed E-state index contributed by atoms with van der Waals surface area (Å²) in [6.07, 6.45) is 10.1. The molecule has 0 fully saturated rings. The van der Waals surface area contributed by atoms with Crippen molar-refractivity contribution in [1.29, 1.82) is 0 Å². The molecule has 0 unspecified atom stereocenters. The predicted molar refractivity (Wildman–Crippen MR) is 187 cm³/mol. The molecule has 0 atom stereocenters. The molecule has 4 nitrogen and oxygen atoms in total. The first kappa shape index (κ1) is 33.7. The van der Waals surface area contributed by atoms with Gasteiger partial charge in [-0.3, -0.25) is 0 Å². The van der Waals surface area contributed by atoms with Gasteiger partial charge < -0.3 is 19.4 Å². The SMILES string of the molecule is CC(C)Cc1cc(-c2[c-]ncc3c2oc2ccccc23)ncc1[Si](C)(C)C.C[Si](C)(C)c1ccc(-c2[c-]cccc2)nc1.[Ir]. The number of pyridine rings is 3. The van der Waals surface area contributed by atoms with Crippen LogP contribution in [-0.2, 0) is 26.5 Å². The minimum Gasteiger partial charge on any atom is -0.500 e. The van der Waals surface area contributed by atoms with Crippen molar-refractivity contribution in [3.05, 3.63) is 103 Å². The first-order valence-electron chi connectivity index (χ1n) is 15.0. The van der Waals surface area contributed by atoms with E-state index in [0.29, 0.717) is 5.92 Å². The second-order valence-electron chi connectivity index (χ2n) is 13.6. The third-order valence-electron chi connectivity index (χ3n) is 7.53. The molecule has 0 aliphatic carbocycles. The fourth-order valence-corrected chi connectivity index (χ4v) is 7.86. The van der Waals surface area contributed by atoms with Crippen LogP contribution in [0.5, 0.6) is 0 Å². The molecule has 0 N–H and O–H groups in total. The Balaban J connectivity index is 0.000000223. The molecule has 6 aromatic rings. The van der Waals surface area contributed by atoms with Crippen molar-refractivity contribution >= 4 is 48.5 Å². The van der Waals surface area contributed by atoms with Crippen molar-refractivity contribution in [1.82, 2.24) is 15.0 Å². The Bertz CT molecular complexity index is 1840. The molecule has 229 valence electrons. The average molecular weight is 792 g/mol. The summed E-state index contributed by atoms with van der Waals surface area (Å²) < 4.78 is 6.15. The smallest absolute Gasteiger partial charge is 0.121 e. The molecule has 44 heavy (non-hydrogen) atoms. The van der Waals surface area contributed by atoms with Gasteiger partial charge in [-0.15, -0.1) is 35.9 Å². The Morgan fingerprint density at radius 2 is 1.50 bits per heavy atom. The minimum atomic E-state index is -1.46. The van der Waals surface area contributed by atoms with E-state index in [1.807, 2.05) is 54.9 Å². The van der Waals surface area contributed by atoms with Gasteiger partial charge in [0, 0.05) is 37.9 Å². The Morgan fingerprint density at radius 3 is 2.14 bits per heavy atom. The van der Waals surface area contributed by atoms with Crippen molar-refractivity contribution in [3.63, 3.8) is 0 Å². The summed E-state index contributed by atoms with van der Waals surface area (Å²) in [5, 5.41) is 4.93. The number of fused-ring (bicyclic) bond motifs is 3. The van der Waals surface area contributed by atoms with Crippen LogP contribution in [0.25, 0.3) is 44.5 Å². The number of rotatable bonds is 6. The number of hydrogen-bond acceptors (Lipinski definition) is 4. The Morgan fingerprint density at radius 1 is 0.773 bits per heavy atom. The Kier molecular flexibility index (Phi) is 10.6. The summed E-state index contributed by atoms with van der Waals surface area (Å²) in [5.41, 5.74) is 6.88. The molecule has 0 aliphatic heterocycles. The maximum absolute atomic E-state index is 6.15. The summed E-state index contributed by atoms with van der Waals surface area (Å²) >= 11 is 0. The third-order valence-corrected chi connectivity index (χ3v) is 11.6. The van der Waals surface area contributed by atoms with E-state index in [1.165, 1.54) is 15.9 Å². The van der Waals surface area contributed by atoms with Crippen LogP contribution in [0.2, 0.25) is 39.3 Å². The van der Waals surface area contributed by atoms with Crippen LogP contribution >= 0.6 is 0 Å². The fourth-order valence-electron chi connectivity index (χ4n) is 5.23. The molecule has 7 heteroatoms. The van der Waals surface area contributed by atoms with Gasteiger partial charge in [0.1, 0.15) is 5.58 Å². The van der Waals surface area contributed by atoms with Gasteiger partial charge in [-0.1, -0.05) is 101 Å². The molecule has 0 saturated carbocycles. The minimum absolute atomic E-state index is 0. The van der Waals surface area contributed by atoms with Crippen LogP contribution < -0.4 is 10.4 Å². The van der Waals surface area contributed by atoms with Gasteiger partial charge in [0.25, 0.3) is 0 Å². The van der Waals surface area contributed by atoms with Gasteiger partial charge in [0.05, 0.1) is 21.7 Å². The molecule has 1 radical (unpaired) electrons. The van der Waals surface area contributed by atoms with Crippen molar-refractivity contribution in [2.45, 2.75) is 59.6 Å². The summed E-state index contributed by atoms with van der Waals surface area (Å²) in [5.74, 6) is 0.597. The summed E-state index contributed by atoms with van der Waals surface area (Å²) in [4.78, 5) is 13.7. The molecule has 6 rings (SSSR count). The molecule has 0 bridgehead atoms. The van der Waals surface area contributed by atoms with Gasteiger partial charge in [-0.2, -0.15) is 0 Å². The molecular formula is C37H41IrN3OSi2-2. The van der Waals surface area contributed by atoms with E-state index in [0.717, 1.165) is 50.9 Å². The van der Waals surface area contributed by atoms with Crippen LogP contribution in [0, 0.1) is 18.2 Å². The molecule has 0 saturated heterocycles. The molecule has 2 aromatic carbocycles. The second kappa shape index (κ2) is 13.8. The maximum atomic E-state index is 6.15. The number of benzene rings is 2. The van der Waals surface area contributed by atoms with E-state index >= 15 is 0 Å². The normalized spacial score (nSPS) is 11.8. The fraction of sp³-hybridized carbons (Fsp3) is 0.270. The van der Waals surface area contributed by atoms with E-state index in [2.05, 4.69) is 106 Å². The van der Waals surface area contributed by atoms with Crippen LogP contribution in [0.4, 0.5) is 0 Å². The van der Waals surface area contributed by atoms with Crippen LogP contribution in [0.15, 0.2) is 89.7 Å². The molecule has 0 amide bonds. The number of nitrogens with zero attached hydrogens (tertiary/aromatic N) is 3. The van der Waals surface area contributed by atoms with Gasteiger partial charge in [0.15, 0.2) is 0 Å². The third kappa shape index (κ3) is 7.70. The summed E-state index contributed by atoms with van der Waals surface area (Å²) in [6, 6.07) is 25.7. The quantitative estimate of drug-likeness (QED) is 0.125. The Labute approximate surface area is 277 Å². The molecule has 4 aromatic heterocycles. The van der Waals surface area contributed by atoms with Gasteiger partial charge in [-0.25, -0.2) is 0 Å². The largest absolute Gasteiger partial charge is 0.500 e. The number of para-hydroxylation sites is 1. The number of aromatic nitrogens is 3. The summed E-state index contributed by atoms with van der Waals surface area (Å²) in [7, 11) is -2.69. The monoisotopic (exact) mass is 792 g/mol. The van der Waals surface area contributed by atoms with Crippen molar-refractivity contribution in [3.8, 4) is 22.5 Å². The average Bonchev–Trinajstić information content (AvgIpc) is 3.36. The standard InChI is InChI=1S/C23H25N2OSi.C14H16NSi.Ir/c1-15(2)10-16-11-20(25-14-22(16)27(3,4)5)19-13-24-12-18-17-8-6-7-9-21(17)26-23(18)19;1-16(2,3)13-9-10-14(15-11-13)12-7-5-4-6-8-12;/h6-9,11-12,14-15H,10H2,1-5H3;4-7,9-11H,1-3H3;/q2*-1;. The molecule has 4 heterocycles. The van der Waals surface area contributed by atoms with E-state index in [1.54, 1.807) is 0 Å². The van der Waals surface area contributed by atoms with Crippen LogP contribution in [0.3, 0.4) is 0 Å². The number of furan rings is 1. The van der Waals surface area contributed by atoms with Gasteiger partial charge in [-0.05, 0) is 57.9 Å². The molecular weight excluding hydrogens is 751 g/mol. The number of hydrogen-bond donors (Lipinski definition) is 0. The zero-order valence-corrected chi connectivity index (χ0v) is 31.3. The topological polar surface area (TPSA) is 51.8 Å². The van der Waals surface area contributed by atoms with E-state index in [4.69, 9.17) is 9.40 Å². The van der Waals surface area contributed by atoms with Gasteiger partial charge >= 0.3 is 0 Å². The van der Waals surface area contributed by atoms with Gasteiger partial charge in [0.2, 0.25) is 0 Å². The first-order valence-corrected chi connectivity index (χ1v) is 22.0. The van der Waals surface area contributed by atoms with E-state index < -0.39 is 16.1 Å². The second-order valence-corrected chi connectivity index (χ2v) is 23.7. The van der Waals surface area contributed by atoms with Crippen LogP contribution in [-0.4, -0.2) is 31.1 Å². The summed E-state index contributed by atoms with van der Waals surface area (Å²) in [6.45, 7) is 18.7. The van der Waals surface area contributed by atoms with Crippen molar-refractivity contribution in [2.75, 3.05) is 0 Å². The maximum Gasteiger partial charge on any atom is 0.121 e. The Hall–Kier alpha value is -3.23. The van der Waals surface area contributed by atoms with E-state index in [9.17, 15) is 0 Å². The van der Waals surface area contributed by atoms with Crippen LogP contribution in [0.1, 0.15) is 19.4 Å². The molecule has 0 aliphatic rings. The van der Waals surface area contributed by atoms with E-state index in [-0.39, 0.29) is 20.1 Å². The van der Waals surface area contributed by atoms with Crippen molar-refractivity contribution < 1.29 is 24.5 Å².